The van der Waals surface area contributed by atoms with Crippen molar-refractivity contribution in [1.82, 2.24) is 4.90 Å². The summed E-state index contributed by atoms with van der Waals surface area (Å²) in [6.45, 7) is 1.47. The molecule has 0 heterocycles. The van der Waals surface area contributed by atoms with E-state index in [1.807, 2.05) is 4.72 Å². The van der Waals surface area contributed by atoms with Crippen LogP contribution in [0.15, 0.2) is 35.2 Å². The van der Waals surface area contributed by atoms with Gasteiger partial charge in [-0.2, -0.15) is 26.3 Å². The van der Waals surface area contributed by atoms with Gasteiger partial charge in [-0.05, 0) is 45.3 Å². The number of benzene rings is 2. The first-order valence-electron chi connectivity index (χ1n) is 8.57. The van der Waals surface area contributed by atoms with Crippen molar-refractivity contribution in [2.75, 3.05) is 18.8 Å². The van der Waals surface area contributed by atoms with Crippen LogP contribution in [-0.4, -0.2) is 33.6 Å². The van der Waals surface area contributed by atoms with Gasteiger partial charge in [-0.3, -0.25) is 9.62 Å². The number of alkyl halides is 6. The predicted molar refractivity (Wildman–Crippen MR) is 107 cm³/mol. The molecule has 0 radical (unpaired) electrons. The van der Waals surface area contributed by atoms with Crippen molar-refractivity contribution in [2.45, 2.75) is 30.4 Å². The normalized spacial score (nSPS) is 13.9. The quantitative estimate of drug-likeness (QED) is 0.365. The van der Waals surface area contributed by atoms with Crippen LogP contribution in [0.1, 0.15) is 18.1 Å². The molecule has 0 bridgehead atoms. The van der Waals surface area contributed by atoms with Gasteiger partial charge in [0.1, 0.15) is 16.9 Å². The maximum absolute atomic E-state index is 13.3. The van der Waals surface area contributed by atoms with Crippen molar-refractivity contribution in [3.05, 3.63) is 51.5 Å². The predicted octanol–water partition coefficient (Wildman–Crippen LogP) is 6.12. The molecule has 0 fully saturated rings. The molecule has 1 atom stereocenters. The van der Waals surface area contributed by atoms with Crippen LogP contribution in [0.5, 0.6) is 5.75 Å². The SMILES string of the molecule is CC(Oc1cc(NS(=O)(=O)c2c(Cl)cc(C(F)(F)F)cc2Cl)ccc1C(F)(F)F)N(C)C. The molecule has 0 aliphatic rings. The summed E-state index contributed by atoms with van der Waals surface area (Å²) in [5, 5.41) is -1.64. The molecule has 32 heavy (non-hydrogen) atoms. The van der Waals surface area contributed by atoms with Gasteiger partial charge in [-0.25, -0.2) is 8.42 Å². The topological polar surface area (TPSA) is 58.6 Å². The second kappa shape index (κ2) is 9.16. The van der Waals surface area contributed by atoms with Gasteiger partial charge >= 0.3 is 12.4 Å². The lowest BCUT2D eigenvalue weighted by molar-refractivity contribution is -0.140. The Morgan fingerprint density at radius 2 is 1.50 bits per heavy atom. The Morgan fingerprint density at radius 1 is 0.969 bits per heavy atom. The Morgan fingerprint density at radius 3 is 1.94 bits per heavy atom. The number of anilines is 1. The highest BCUT2D eigenvalue weighted by Gasteiger charge is 2.36. The molecule has 0 saturated heterocycles. The molecule has 1 unspecified atom stereocenters. The van der Waals surface area contributed by atoms with E-state index in [1.165, 1.54) is 11.8 Å². The summed E-state index contributed by atoms with van der Waals surface area (Å²) in [4.78, 5) is 0.608. The molecule has 0 amide bonds. The van der Waals surface area contributed by atoms with Gasteiger partial charge in [0.2, 0.25) is 0 Å². The lowest BCUT2D eigenvalue weighted by Gasteiger charge is -2.24. The summed E-state index contributed by atoms with van der Waals surface area (Å²) in [6.07, 6.45) is -10.4. The van der Waals surface area contributed by atoms with Gasteiger partial charge in [0.15, 0.2) is 0 Å². The van der Waals surface area contributed by atoms with Crippen molar-refractivity contribution in [2.24, 2.45) is 0 Å². The molecule has 0 spiro atoms. The average Bonchev–Trinajstić information content (AvgIpc) is 2.58. The lowest BCUT2D eigenvalue weighted by Crippen LogP contribution is -2.31. The summed E-state index contributed by atoms with van der Waals surface area (Å²) >= 11 is 11.5. The standard InChI is InChI=1S/C18H16Cl2F6N2O3S/c1-9(28(2)3)31-15-8-11(4-5-12(15)18(24,25)26)27-32(29,30)16-13(19)6-10(7-14(16)20)17(21,22)23/h4-9,27H,1-3H3. The van der Waals surface area contributed by atoms with Crippen LogP contribution >= 0.6 is 23.2 Å². The van der Waals surface area contributed by atoms with Gasteiger partial charge in [0.25, 0.3) is 10.0 Å². The fourth-order valence-corrected chi connectivity index (χ4v) is 4.66. The minimum atomic E-state index is -4.83. The Bertz CT molecular complexity index is 1080. The van der Waals surface area contributed by atoms with E-state index in [0.717, 1.165) is 12.1 Å². The Hall–Kier alpha value is -1.89. The fourth-order valence-electron chi connectivity index (χ4n) is 2.39. The second-order valence-corrected chi connectivity index (χ2v) is 9.20. The molecule has 0 aliphatic carbocycles. The van der Waals surface area contributed by atoms with Crippen LogP contribution in [-0.2, 0) is 22.4 Å². The maximum atomic E-state index is 13.3. The van der Waals surface area contributed by atoms with Crippen LogP contribution in [0.4, 0.5) is 32.0 Å². The summed E-state index contributed by atoms with van der Waals surface area (Å²) in [7, 11) is -1.57. The van der Waals surface area contributed by atoms with E-state index in [1.54, 1.807) is 14.1 Å². The van der Waals surface area contributed by atoms with Crippen LogP contribution in [0.25, 0.3) is 0 Å². The van der Waals surface area contributed by atoms with Crippen molar-refractivity contribution >= 4 is 38.9 Å². The number of rotatable bonds is 6. The summed E-state index contributed by atoms with van der Waals surface area (Å²) in [6, 6.07) is 2.97. The van der Waals surface area contributed by atoms with Crippen molar-refractivity contribution in [1.29, 1.82) is 0 Å². The third-order valence-corrected chi connectivity index (χ3v) is 6.46. The summed E-state index contributed by atoms with van der Waals surface area (Å²) < 4.78 is 111. The maximum Gasteiger partial charge on any atom is 0.419 e. The number of nitrogens with one attached hydrogen (secondary N) is 1. The third-order valence-electron chi connectivity index (χ3n) is 4.16. The molecule has 178 valence electrons. The Kier molecular flexibility index (Phi) is 7.55. The Labute approximate surface area is 189 Å². The molecule has 0 aliphatic heterocycles. The van der Waals surface area contributed by atoms with E-state index in [-0.39, 0.29) is 5.69 Å². The molecule has 2 aromatic rings. The molecule has 5 nitrogen and oxygen atoms in total. The summed E-state index contributed by atoms with van der Waals surface area (Å²) in [5.74, 6) is -0.663. The van der Waals surface area contributed by atoms with Crippen LogP contribution < -0.4 is 9.46 Å². The van der Waals surface area contributed by atoms with Gasteiger partial charge in [-0.15, -0.1) is 0 Å². The molecule has 0 saturated carbocycles. The van der Waals surface area contributed by atoms with Crippen LogP contribution in [0, 0.1) is 0 Å². The van der Waals surface area contributed by atoms with Crippen LogP contribution in [0.2, 0.25) is 10.0 Å². The molecule has 0 aromatic heterocycles. The minimum Gasteiger partial charge on any atom is -0.475 e. The van der Waals surface area contributed by atoms with Crippen molar-refractivity contribution in [3.63, 3.8) is 0 Å². The van der Waals surface area contributed by atoms with Crippen molar-refractivity contribution < 1.29 is 39.5 Å². The number of sulfonamides is 1. The lowest BCUT2D eigenvalue weighted by atomic mass is 10.1. The number of ether oxygens (including phenoxy) is 1. The van der Waals surface area contributed by atoms with E-state index in [2.05, 4.69) is 0 Å². The van der Waals surface area contributed by atoms with E-state index >= 15 is 0 Å². The molecule has 2 aromatic carbocycles. The first-order valence-corrected chi connectivity index (χ1v) is 10.8. The van der Waals surface area contributed by atoms with E-state index in [0.29, 0.717) is 18.2 Å². The number of hydrogen-bond donors (Lipinski definition) is 1. The highest BCUT2D eigenvalue weighted by molar-refractivity contribution is 7.93. The molecule has 2 rings (SSSR count). The third kappa shape index (κ3) is 6.12. The first kappa shape index (κ1) is 26.4. The molecule has 14 heteroatoms. The molecule has 1 N–H and O–H groups in total. The number of halogens is 8. The highest BCUT2D eigenvalue weighted by atomic mass is 35.5. The zero-order valence-corrected chi connectivity index (χ0v) is 18.9. The van der Waals surface area contributed by atoms with Gasteiger partial charge in [0.05, 0.1) is 26.9 Å². The van der Waals surface area contributed by atoms with Gasteiger partial charge in [-0.1, -0.05) is 23.2 Å². The largest absolute Gasteiger partial charge is 0.475 e. The highest BCUT2D eigenvalue weighted by Crippen LogP contribution is 2.40. The number of nitrogens with zero attached hydrogens (tertiary/aromatic N) is 1. The summed E-state index contributed by atoms with van der Waals surface area (Å²) in [5.41, 5.74) is -2.78. The fraction of sp³-hybridized carbons (Fsp3) is 0.333. The molecular formula is C18H16Cl2F6N2O3S. The first-order chi connectivity index (χ1) is 14.4. The average molecular weight is 525 g/mol. The zero-order chi connectivity index (χ0) is 24.6. The molecular weight excluding hydrogens is 509 g/mol. The smallest absolute Gasteiger partial charge is 0.419 e. The van der Waals surface area contributed by atoms with Gasteiger partial charge < -0.3 is 4.74 Å². The van der Waals surface area contributed by atoms with E-state index in [9.17, 15) is 34.8 Å². The van der Waals surface area contributed by atoms with Crippen LogP contribution in [0.3, 0.4) is 0 Å². The van der Waals surface area contributed by atoms with Crippen molar-refractivity contribution in [3.8, 4) is 5.75 Å². The second-order valence-electron chi connectivity index (χ2n) is 6.76. The van der Waals surface area contributed by atoms with Gasteiger partial charge in [0, 0.05) is 6.07 Å². The monoisotopic (exact) mass is 524 g/mol. The van der Waals surface area contributed by atoms with E-state index < -0.39 is 60.4 Å². The minimum absolute atomic E-state index is 0.356. The number of hydrogen-bond acceptors (Lipinski definition) is 4. The van der Waals surface area contributed by atoms with E-state index in [4.69, 9.17) is 27.9 Å². The Balaban J connectivity index is 2.50. The zero-order valence-electron chi connectivity index (χ0n) is 16.6.